The molecule has 0 N–H and O–H groups in total. The number of nitrogens with zero attached hydrogens (tertiary/aromatic N) is 3. The summed E-state index contributed by atoms with van der Waals surface area (Å²) in [5.74, 6) is 0.816. The van der Waals surface area contributed by atoms with Crippen molar-refractivity contribution in [3.8, 4) is 39.5 Å². The van der Waals surface area contributed by atoms with Crippen molar-refractivity contribution in [2.75, 3.05) is 0 Å². The Hall–Kier alpha value is -5.39. The van der Waals surface area contributed by atoms with E-state index in [0.29, 0.717) is 0 Å². The molecule has 55 heavy (non-hydrogen) atoms. The van der Waals surface area contributed by atoms with Crippen LogP contribution in [0.15, 0.2) is 156 Å². The van der Waals surface area contributed by atoms with Gasteiger partial charge in [0.2, 0.25) is 0 Å². The normalized spacial score (nSPS) is 11.7. The van der Waals surface area contributed by atoms with Crippen LogP contribution in [0.4, 0.5) is 0 Å². The average Bonchev–Trinajstić information content (AvgIpc) is 3.77. The molecular formula is C49H43IrN3OSi-2. The number of benzene rings is 6. The summed E-state index contributed by atoms with van der Waals surface area (Å²) in [6.45, 7) is 13.8. The first-order valence-electron chi connectivity index (χ1n) is 18.5. The van der Waals surface area contributed by atoms with Gasteiger partial charge in [0.15, 0.2) is 0 Å². The SMILES string of the molecule is CC(C)(C)c1ccc(-n2c(-c3[c-]ccc4c3oc3ccccc34)nc3ccccc32)c(-c2ccccc2)c1.C[Si](C)(C)c1ccc(-c2[c-]cccc2)nc1.[Ir]. The van der Waals surface area contributed by atoms with Crippen LogP contribution in [0.2, 0.25) is 19.6 Å². The molecular weight excluding hydrogens is 867 g/mol. The fraction of sp³-hybridized carbons (Fsp3) is 0.143. The molecule has 4 nitrogen and oxygen atoms in total. The number of furan rings is 1. The Morgan fingerprint density at radius 2 is 1.44 bits per heavy atom. The third-order valence-corrected chi connectivity index (χ3v) is 12.0. The van der Waals surface area contributed by atoms with Crippen LogP contribution in [-0.2, 0) is 25.5 Å². The van der Waals surface area contributed by atoms with Gasteiger partial charge in [-0.25, -0.2) is 0 Å². The number of imidazole rings is 1. The third kappa shape index (κ3) is 7.63. The molecule has 9 rings (SSSR count). The van der Waals surface area contributed by atoms with Crippen LogP contribution in [0.1, 0.15) is 26.3 Å². The Morgan fingerprint density at radius 1 is 0.691 bits per heavy atom. The molecule has 6 aromatic carbocycles. The van der Waals surface area contributed by atoms with E-state index in [1.807, 2.05) is 60.8 Å². The van der Waals surface area contributed by atoms with Gasteiger partial charge in [0.1, 0.15) is 5.58 Å². The topological polar surface area (TPSA) is 43.9 Å². The van der Waals surface area contributed by atoms with Gasteiger partial charge < -0.3 is 14.0 Å². The molecule has 0 unspecified atom stereocenters. The fourth-order valence-electron chi connectivity index (χ4n) is 6.89. The molecule has 3 aromatic heterocycles. The Balaban J connectivity index is 0.000000231. The van der Waals surface area contributed by atoms with E-state index in [4.69, 9.17) is 9.40 Å². The fourth-order valence-corrected chi connectivity index (χ4v) is 7.93. The first-order valence-corrected chi connectivity index (χ1v) is 22.0. The largest absolute Gasteiger partial charge is 0.501 e. The molecule has 0 aliphatic heterocycles. The maximum atomic E-state index is 6.42. The van der Waals surface area contributed by atoms with Crippen LogP contribution in [0.5, 0.6) is 0 Å². The van der Waals surface area contributed by atoms with E-state index in [9.17, 15) is 0 Å². The van der Waals surface area contributed by atoms with Gasteiger partial charge in [-0.1, -0.05) is 130 Å². The molecule has 1 radical (unpaired) electrons. The zero-order valence-electron chi connectivity index (χ0n) is 32.0. The minimum Gasteiger partial charge on any atom is -0.501 e. The van der Waals surface area contributed by atoms with Crippen LogP contribution >= 0.6 is 0 Å². The van der Waals surface area contributed by atoms with E-state index in [2.05, 4.69) is 153 Å². The third-order valence-electron chi connectivity index (χ3n) is 9.93. The summed E-state index contributed by atoms with van der Waals surface area (Å²) in [7, 11) is -1.23. The molecule has 9 aromatic rings. The van der Waals surface area contributed by atoms with Crippen molar-refractivity contribution < 1.29 is 24.5 Å². The van der Waals surface area contributed by atoms with Gasteiger partial charge in [-0.05, 0) is 57.8 Å². The molecule has 275 valence electrons. The van der Waals surface area contributed by atoms with Crippen molar-refractivity contribution in [1.82, 2.24) is 14.5 Å². The predicted molar refractivity (Wildman–Crippen MR) is 228 cm³/mol. The molecule has 0 saturated heterocycles. The number of pyridine rings is 1. The van der Waals surface area contributed by atoms with Crippen molar-refractivity contribution in [3.63, 3.8) is 0 Å². The van der Waals surface area contributed by atoms with Gasteiger partial charge >= 0.3 is 0 Å². The molecule has 0 bridgehead atoms. The smallest absolute Gasteiger partial charge is 0.120 e. The Morgan fingerprint density at radius 3 is 2.16 bits per heavy atom. The second-order valence-corrected chi connectivity index (χ2v) is 20.8. The zero-order valence-corrected chi connectivity index (χ0v) is 35.4. The van der Waals surface area contributed by atoms with Crippen LogP contribution in [0, 0.1) is 12.1 Å². The van der Waals surface area contributed by atoms with E-state index < -0.39 is 8.07 Å². The van der Waals surface area contributed by atoms with Crippen LogP contribution in [0.25, 0.3) is 72.4 Å². The van der Waals surface area contributed by atoms with Crippen molar-refractivity contribution in [2.45, 2.75) is 45.8 Å². The van der Waals surface area contributed by atoms with E-state index in [-0.39, 0.29) is 25.5 Å². The monoisotopic (exact) mass is 910 g/mol. The summed E-state index contributed by atoms with van der Waals surface area (Å²) in [6, 6.07) is 56.9. The van der Waals surface area contributed by atoms with Gasteiger partial charge in [-0.2, -0.15) is 0 Å². The van der Waals surface area contributed by atoms with Crippen LogP contribution < -0.4 is 5.19 Å². The molecule has 0 fully saturated rings. The number of hydrogen-bond donors (Lipinski definition) is 0. The van der Waals surface area contributed by atoms with Gasteiger partial charge in [-0.15, -0.1) is 54.1 Å². The first-order chi connectivity index (χ1) is 26.1. The number of fused-ring (bicyclic) bond motifs is 4. The van der Waals surface area contributed by atoms with Crippen LogP contribution in [-0.4, -0.2) is 22.6 Å². The number of hydrogen-bond acceptors (Lipinski definition) is 3. The summed E-state index contributed by atoms with van der Waals surface area (Å²) in [5, 5.41) is 3.56. The Bertz CT molecular complexity index is 2720. The molecule has 0 amide bonds. The minimum absolute atomic E-state index is 0. The summed E-state index contributed by atoms with van der Waals surface area (Å²) in [6.07, 6.45) is 2.02. The average molecular weight is 910 g/mol. The van der Waals surface area contributed by atoms with E-state index in [0.717, 1.165) is 61.3 Å². The number of aromatic nitrogens is 3. The van der Waals surface area contributed by atoms with Crippen molar-refractivity contribution in [3.05, 3.63) is 169 Å². The molecule has 0 saturated carbocycles. The summed E-state index contributed by atoms with van der Waals surface area (Å²) >= 11 is 0. The molecule has 0 spiro atoms. The molecule has 0 aliphatic rings. The summed E-state index contributed by atoms with van der Waals surface area (Å²) < 4.78 is 8.69. The van der Waals surface area contributed by atoms with Crippen LogP contribution in [0.3, 0.4) is 0 Å². The Kier molecular flexibility index (Phi) is 10.6. The predicted octanol–water partition coefficient (Wildman–Crippen LogP) is 12.4. The number of para-hydroxylation sites is 3. The van der Waals surface area contributed by atoms with Gasteiger partial charge in [0.05, 0.1) is 30.5 Å². The summed E-state index contributed by atoms with van der Waals surface area (Å²) in [4.78, 5) is 9.68. The zero-order chi connectivity index (χ0) is 37.5. The van der Waals surface area contributed by atoms with E-state index in [1.165, 1.54) is 21.9 Å². The van der Waals surface area contributed by atoms with E-state index >= 15 is 0 Å². The van der Waals surface area contributed by atoms with Crippen molar-refractivity contribution in [2.24, 2.45) is 0 Å². The molecule has 3 heterocycles. The van der Waals surface area contributed by atoms with Gasteiger partial charge in [0, 0.05) is 42.9 Å². The maximum absolute atomic E-state index is 6.42. The van der Waals surface area contributed by atoms with Gasteiger partial charge in [0.25, 0.3) is 0 Å². The van der Waals surface area contributed by atoms with Crippen molar-refractivity contribution >= 4 is 46.2 Å². The van der Waals surface area contributed by atoms with Gasteiger partial charge in [-0.3, -0.25) is 4.98 Å². The standard InChI is InChI=1S/C35H27N2O.C14H16NSi.Ir/c1-35(2,3)24-20-21-30(28(22-24)23-12-5-4-6-13-23)37-31-18-9-8-17-29(31)36-34(37)27-16-11-15-26-25-14-7-10-19-32(25)38-33(26)27;1-16(2,3)13-9-10-14(15-11-13)12-7-5-4-6-8-12;/h4-15,17-22H,1-3H3;4-7,9-11H,1-3H3;/q2*-1;. The van der Waals surface area contributed by atoms with Crippen molar-refractivity contribution in [1.29, 1.82) is 0 Å². The molecule has 6 heteroatoms. The Labute approximate surface area is 338 Å². The summed E-state index contributed by atoms with van der Waals surface area (Å²) in [5.41, 5.74) is 11.3. The second-order valence-electron chi connectivity index (χ2n) is 15.8. The van der Waals surface area contributed by atoms with E-state index in [1.54, 1.807) is 0 Å². The molecule has 0 aliphatic carbocycles. The first kappa shape index (κ1) is 37.9. The number of rotatable bonds is 5. The molecule has 0 atom stereocenters. The quantitative estimate of drug-likeness (QED) is 0.128. The maximum Gasteiger partial charge on any atom is 0.120 e. The minimum atomic E-state index is -1.23. The second kappa shape index (κ2) is 15.4.